The van der Waals surface area contributed by atoms with Gasteiger partial charge in [-0.2, -0.15) is 0 Å². The SMILES string of the molecule is COC(=O)[C@@H]1C[C@@H](O)[C@@H](N2CCN(Cc3cccs3)CC2)C1. The minimum absolute atomic E-state index is 0.105. The Morgan fingerprint density at radius 1 is 1.36 bits per heavy atom. The van der Waals surface area contributed by atoms with Crippen molar-refractivity contribution in [3.05, 3.63) is 22.4 Å². The first-order valence-electron chi connectivity index (χ1n) is 7.92. The summed E-state index contributed by atoms with van der Waals surface area (Å²) in [6.45, 7) is 4.97. The number of aliphatic hydroxyl groups excluding tert-OH is 1. The molecule has 0 unspecified atom stereocenters. The average Bonchev–Trinajstić information content (AvgIpc) is 3.17. The monoisotopic (exact) mass is 324 g/mol. The Bertz CT molecular complexity index is 486. The summed E-state index contributed by atoms with van der Waals surface area (Å²) in [5, 5.41) is 12.4. The van der Waals surface area contributed by atoms with E-state index in [1.165, 1.54) is 12.0 Å². The fourth-order valence-corrected chi connectivity index (χ4v) is 4.37. The first-order valence-corrected chi connectivity index (χ1v) is 8.80. The molecule has 0 aromatic carbocycles. The second-order valence-corrected chi connectivity index (χ2v) is 7.25. The van der Waals surface area contributed by atoms with Crippen LogP contribution < -0.4 is 0 Å². The van der Waals surface area contributed by atoms with E-state index in [2.05, 4.69) is 27.3 Å². The van der Waals surface area contributed by atoms with Gasteiger partial charge in [0.05, 0.1) is 19.1 Å². The van der Waals surface area contributed by atoms with Gasteiger partial charge in [-0.05, 0) is 24.3 Å². The molecule has 3 rings (SSSR count). The number of ether oxygens (including phenoxy) is 1. The summed E-state index contributed by atoms with van der Waals surface area (Å²) in [5.41, 5.74) is 0. The summed E-state index contributed by atoms with van der Waals surface area (Å²) >= 11 is 1.80. The van der Waals surface area contributed by atoms with Gasteiger partial charge >= 0.3 is 5.97 Å². The molecule has 0 spiro atoms. The summed E-state index contributed by atoms with van der Waals surface area (Å²) in [5.74, 6) is -0.327. The smallest absolute Gasteiger partial charge is 0.308 e. The van der Waals surface area contributed by atoms with Crippen molar-refractivity contribution in [3.8, 4) is 0 Å². The molecule has 2 aliphatic rings. The van der Waals surface area contributed by atoms with Crippen LogP contribution in [0.5, 0.6) is 0 Å². The summed E-state index contributed by atoms with van der Waals surface area (Å²) in [4.78, 5) is 17.9. The molecule has 1 aromatic heterocycles. The van der Waals surface area contributed by atoms with Crippen LogP contribution in [0, 0.1) is 5.92 Å². The largest absolute Gasteiger partial charge is 0.469 e. The number of hydrogen-bond acceptors (Lipinski definition) is 6. The van der Waals surface area contributed by atoms with Crippen molar-refractivity contribution in [1.29, 1.82) is 0 Å². The minimum atomic E-state index is -0.409. The molecule has 0 amide bonds. The molecule has 1 saturated heterocycles. The standard InChI is InChI=1S/C16H24N2O3S/c1-21-16(20)12-9-14(15(19)10-12)18-6-4-17(5-7-18)11-13-3-2-8-22-13/h2-3,8,12,14-15,19H,4-7,9-11H2,1H3/t12-,14-,15+/m0/s1. The van der Waals surface area contributed by atoms with Gasteiger partial charge in [0.1, 0.15) is 0 Å². The molecule has 1 aromatic rings. The fraction of sp³-hybridized carbons (Fsp3) is 0.688. The van der Waals surface area contributed by atoms with Crippen LogP contribution in [0.3, 0.4) is 0 Å². The molecular weight excluding hydrogens is 300 g/mol. The Morgan fingerprint density at radius 2 is 2.14 bits per heavy atom. The molecule has 5 nitrogen and oxygen atoms in total. The lowest BCUT2D eigenvalue weighted by molar-refractivity contribution is -0.145. The van der Waals surface area contributed by atoms with Gasteiger partial charge in [-0.15, -0.1) is 11.3 Å². The molecule has 2 heterocycles. The van der Waals surface area contributed by atoms with E-state index in [0.29, 0.717) is 6.42 Å². The zero-order valence-corrected chi connectivity index (χ0v) is 13.8. The molecule has 1 N–H and O–H groups in total. The normalized spacial score (nSPS) is 30.5. The van der Waals surface area contributed by atoms with Crippen LogP contribution in [-0.4, -0.2) is 66.3 Å². The predicted octanol–water partition coefficient (Wildman–Crippen LogP) is 1.18. The summed E-state index contributed by atoms with van der Waals surface area (Å²) in [7, 11) is 1.42. The van der Waals surface area contributed by atoms with Crippen LogP contribution >= 0.6 is 11.3 Å². The Morgan fingerprint density at radius 3 is 2.77 bits per heavy atom. The van der Waals surface area contributed by atoms with Gasteiger partial charge in [-0.1, -0.05) is 6.07 Å². The highest BCUT2D eigenvalue weighted by Crippen LogP contribution is 2.31. The molecule has 6 heteroatoms. The van der Waals surface area contributed by atoms with E-state index in [1.54, 1.807) is 11.3 Å². The first kappa shape index (κ1) is 15.9. The van der Waals surface area contributed by atoms with Crippen molar-refractivity contribution in [2.75, 3.05) is 33.3 Å². The van der Waals surface area contributed by atoms with E-state index in [4.69, 9.17) is 4.74 Å². The van der Waals surface area contributed by atoms with Crippen molar-refractivity contribution in [2.45, 2.75) is 31.5 Å². The van der Waals surface area contributed by atoms with Gasteiger partial charge in [-0.3, -0.25) is 14.6 Å². The third kappa shape index (κ3) is 3.51. The first-order chi connectivity index (χ1) is 10.7. The van der Waals surface area contributed by atoms with E-state index in [1.807, 2.05) is 0 Å². The maximum atomic E-state index is 11.7. The third-order valence-electron chi connectivity index (χ3n) is 4.87. The number of piperazine rings is 1. The highest BCUT2D eigenvalue weighted by atomic mass is 32.1. The molecule has 0 radical (unpaired) electrons. The van der Waals surface area contributed by atoms with Crippen molar-refractivity contribution >= 4 is 17.3 Å². The number of hydrogen-bond donors (Lipinski definition) is 1. The van der Waals surface area contributed by atoms with E-state index in [0.717, 1.165) is 39.1 Å². The van der Waals surface area contributed by atoms with Crippen LogP contribution in [0.2, 0.25) is 0 Å². The lowest BCUT2D eigenvalue weighted by Crippen LogP contribution is -2.52. The molecule has 122 valence electrons. The zero-order valence-electron chi connectivity index (χ0n) is 13.0. The Hall–Kier alpha value is -0.950. The molecule has 1 aliphatic carbocycles. The molecule has 0 bridgehead atoms. The quantitative estimate of drug-likeness (QED) is 0.843. The molecular formula is C16H24N2O3S. The second kappa shape index (κ2) is 7.08. The van der Waals surface area contributed by atoms with Gasteiger partial charge in [0.2, 0.25) is 0 Å². The third-order valence-corrected chi connectivity index (χ3v) is 5.73. The van der Waals surface area contributed by atoms with E-state index < -0.39 is 6.10 Å². The van der Waals surface area contributed by atoms with Crippen molar-refractivity contribution in [3.63, 3.8) is 0 Å². The van der Waals surface area contributed by atoms with Crippen LogP contribution in [0.15, 0.2) is 17.5 Å². The van der Waals surface area contributed by atoms with Gasteiger partial charge in [0.25, 0.3) is 0 Å². The average molecular weight is 324 g/mol. The second-order valence-electron chi connectivity index (χ2n) is 6.22. The number of rotatable bonds is 4. The summed E-state index contributed by atoms with van der Waals surface area (Å²) in [6.07, 6.45) is 0.846. The van der Waals surface area contributed by atoms with Gasteiger partial charge in [-0.25, -0.2) is 0 Å². The van der Waals surface area contributed by atoms with E-state index in [9.17, 15) is 9.90 Å². The number of carbonyl (C=O) groups is 1. The molecule has 1 saturated carbocycles. The lowest BCUT2D eigenvalue weighted by atomic mass is 10.1. The summed E-state index contributed by atoms with van der Waals surface area (Å²) < 4.78 is 4.82. The van der Waals surface area contributed by atoms with Crippen molar-refractivity contribution in [1.82, 2.24) is 9.80 Å². The van der Waals surface area contributed by atoms with Crippen molar-refractivity contribution < 1.29 is 14.6 Å². The number of esters is 1. The molecule has 22 heavy (non-hydrogen) atoms. The summed E-state index contributed by atoms with van der Waals surface area (Å²) in [6, 6.07) is 4.38. The minimum Gasteiger partial charge on any atom is -0.469 e. The van der Waals surface area contributed by atoms with Gasteiger partial charge in [0, 0.05) is 43.6 Å². The number of carbonyl (C=O) groups excluding carboxylic acids is 1. The Kier molecular flexibility index (Phi) is 5.13. The lowest BCUT2D eigenvalue weighted by Gasteiger charge is -2.39. The molecule has 2 fully saturated rings. The van der Waals surface area contributed by atoms with Gasteiger partial charge in [0.15, 0.2) is 0 Å². The number of methoxy groups -OCH3 is 1. The molecule has 1 aliphatic heterocycles. The van der Waals surface area contributed by atoms with E-state index >= 15 is 0 Å². The number of aliphatic hydroxyl groups is 1. The fourth-order valence-electron chi connectivity index (χ4n) is 3.62. The number of nitrogens with zero attached hydrogens (tertiary/aromatic N) is 2. The molecule has 3 atom stereocenters. The Balaban J connectivity index is 1.50. The Labute approximate surface area is 135 Å². The number of thiophene rings is 1. The highest BCUT2D eigenvalue weighted by Gasteiger charge is 2.41. The van der Waals surface area contributed by atoms with E-state index in [-0.39, 0.29) is 17.9 Å². The van der Waals surface area contributed by atoms with Crippen LogP contribution in [0.1, 0.15) is 17.7 Å². The highest BCUT2D eigenvalue weighted by molar-refractivity contribution is 7.09. The van der Waals surface area contributed by atoms with Gasteiger partial charge < -0.3 is 9.84 Å². The maximum Gasteiger partial charge on any atom is 0.308 e. The topological polar surface area (TPSA) is 53.0 Å². The van der Waals surface area contributed by atoms with Crippen LogP contribution in [-0.2, 0) is 16.1 Å². The zero-order chi connectivity index (χ0) is 15.5. The van der Waals surface area contributed by atoms with Crippen molar-refractivity contribution in [2.24, 2.45) is 5.92 Å². The van der Waals surface area contributed by atoms with Crippen LogP contribution in [0.4, 0.5) is 0 Å². The van der Waals surface area contributed by atoms with Crippen LogP contribution in [0.25, 0.3) is 0 Å². The predicted molar refractivity (Wildman–Crippen MR) is 85.7 cm³/mol. The maximum absolute atomic E-state index is 11.7.